The maximum Gasteiger partial charge on any atom is 0.373 e. The Morgan fingerprint density at radius 3 is 2.33 bits per heavy atom. The molecule has 15 heavy (non-hydrogen) atoms. The lowest BCUT2D eigenvalue weighted by molar-refractivity contribution is -0.152. The third-order valence-electron chi connectivity index (χ3n) is 2.33. The van der Waals surface area contributed by atoms with Gasteiger partial charge in [-0.2, -0.15) is 0 Å². The van der Waals surface area contributed by atoms with Crippen molar-refractivity contribution in [3.05, 3.63) is 30.1 Å². The minimum Gasteiger partial charge on any atom is -0.475 e. The van der Waals surface area contributed by atoms with Gasteiger partial charge in [0, 0.05) is 12.4 Å². The number of carboxylic acid groups (broad SMARTS) is 1. The van der Waals surface area contributed by atoms with E-state index < -0.39 is 23.8 Å². The van der Waals surface area contributed by atoms with Crippen LogP contribution < -0.4 is 0 Å². The lowest BCUT2D eigenvalue weighted by atomic mass is 9.80. The van der Waals surface area contributed by atoms with Crippen LogP contribution >= 0.6 is 0 Å². The molecule has 0 spiro atoms. The van der Waals surface area contributed by atoms with Crippen molar-refractivity contribution in [2.45, 2.75) is 12.3 Å². The lowest BCUT2D eigenvalue weighted by Gasteiger charge is -2.23. The Morgan fingerprint density at radius 1 is 1.40 bits per heavy atom. The van der Waals surface area contributed by atoms with Gasteiger partial charge in [-0.1, -0.05) is 0 Å². The van der Waals surface area contributed by atoms with Crippen molar-refractivity contribution in [1.29, 1.82) is 0 Å². The average molecular weight is 209 g/mol. The molecule has 1 aromatic heterocycles. The highest BCUT2D eigenvalue weighted by Gasteiger charge is 2.38. The van der Waals surface area contributed by atoms with Crippen LogP contribution in [0, 0.1) is 0 Å². The number of pyridine rings is 1. The summed E-state index contributed by atoms with van der Waals surface area (Å²) in [7, 11) is 0. The molecule has 80 valence electrons. The van der Waals surface area contributed by atoms with E-state index in [1.54, 1.807) is 0 Å². The number of nitrogens with zero attached hydrogens (tertiary/aromatic N) is 1. The Bertz CT molecular complexity index is 376. The van der Waals surface area contributed by atoms with Crippen LogP contribution in [-0.2, 0) is 15.0 Å². The average Bonchev–Trinajstić information content (AvgIpc) is 2.28. The van der Waals surface area contributed by atoms with E-state index in [-0.39, 0.29) is 0 Å². The van der Waals surface area contributed by atoms with Gasteiger partial charge in [0.15, 0.2) is 0 Å². The van der Waals surface area contributed by atoms with Crippen molar-refractivity contribution in [3.8, 4) is 0 Å². The number of aliphatic hydroxyl groups excluding tert-OH is 1. The summed E-state index contributed by atoms with van der Waals surface area (Å²) in [6.07, 6.45) is 2.89. The third kappa shape index (κ3) is 2.02. The predicted molar refractivity (Wildman–Crippen MR) is 51.3 cm³/mol. The van der Waals surface area contributed by atoms with Crippen LogP contribution in [0.1, 0.15) is 12.5 Å². The SMILES string of the molecule is CC(CO)(C(=O)C(=O)O)c1ccncc1. The molecule has 0 aliphatic heterocycles. The molecule has 0 saturated heterocycles. The molecule has 0 radical (unpaired) electrons. The van der Waals surface area contributed by atoms with Gasteiger partial charge in [-0.25, -0.2) is 4.79 Å². The molecule has 0 saturated carbocycles. The van der Waals surface area contributed by atoms with Gasteiger partial charge in [0.25, 0.3) is 5.78 Å². The fourth-order valence-electron chi connectivity index (χ4n) is 1.25. The number of carbonyl (C=O) groups is 2. The summed E-state index contributed by atoms with van der Waals surface area (Å²) in [6.45, 7) is 0.834. The number of rotatable bonds is 4. The fraction of sp³-hybridized carbons (Fsp3) is 0.300. The first-order valence-electron chi connectivity index (χ1n) is 4.31. The molecule has 1 rings (SSSR count). The number of carboxylic acids is 1. The monoisotopic (exact) mass is 209 g/mol. The van der Waals surface area contributed by atoms with Gasteiger partial charge in [-0.3, -0.25) is 9.78 Å². The smallest absolute Gasteiger partial charge is 0.373 e. The number of aliphatic carboxylic acids is 1. The molecule has 0 aromatic carbocycles. The van der Waals surface area contributed by atoms with Gasteiger partial charge in [-0.05, 0) is 24.6 Å². The summed E-state index contributed by atoms with van der Waals surface area (Å²) < 4.78 is 0. The molecule has 0 fully saturated rings. The molecule has 1 atom stereocenters. The first-order valence-corrected chi connectivity index (χ1v) is 4.31. The van der Waals surface area contributed by atoms with Crippen molar-refractivity contribution in [2.75, 3.05) is 6.61 Å². The van der Waals surface area contributed by atoms with Crippen LogP contribution in [0.4, 0.5) is 0 Å². The highest BCUT2D eigenvalue weighted by atomic mass is 16.4. The van der Waals surface area contributed by atoms with Gasteiger partial charge < -0.3 is 10.2 Å². The number of hydrogen-bond acceptors (Lipinski definition) is 4. The number of aliphatic hydroxyl groups is 1. The van der Waals surface area contributed by atoms with Crippen molar-refractivity contribution >= 4 is 11.8 Å². The van der Waals surface area contributed by atoms with Gasteiger partial charge in [0.2, 0.25) is 0 Å². The third-order valence-corrected chi connectivity index (χ3v) is 2.33. The van der Waals surface area contributed by atoms with E-state index in [0.29, 0.717) is 5.56 Å². The van der Waals surface area contributed by atoms with Crippen LogP contribution in [-0.4, -0.2) is 33.6 Å². The van der Waals surface area contributed by atoms with Crippen LogP contribution in [0.3, 0.4) is 0 Å². The van der Waals surface area contributed by atoms with E-state index in [2.05, 4.69) is 4.98 Å². The molecular formula is C10H11NO4. The van der Waals surface area contributed by atoms with Crippen molar-refractivity contribution < 1.29 is 19.8 Å². The summed E-state index contributed by atoms with van der Waals surface area (Å²) in [5, 5.41) is 17.8. The zero-order chi connectivity index (χ0) is 11.5. The summed E-state index contributed by atoms with van der Waals surface area (Å²) in [6, 6.07) is 3.02. The van der Waals surface area contributed by atoms with E-state index in [9.17, 15) is 9.59 Å². The number of aromatic nitrogens is 1. The van der Waals surface area contributed by atoms with Gasteiger partial charge in [-0.15, -0.1) is 0 Å². The van der Waals surface area contributed by atoms with E-state index in [1.807, 2.05) is 0 Å². The quantitative estimate of drug-likeness (QED) is 0.681. The van der Waals surface area contributed by atoms with Gasteiger partial charge in [0.1, 0.15) is 0 Å². The molecule has 1 aromatic rings. The van der Waals surface area contributed by atoms with E-state index in [4.69, 9.17) is 10.2 Å². The molecular weight excluding hydrogens is 198 g/mol. The van der Waals surface area contributed by atoms with E-state index in [1.165, 1.54) is 31.5 Å². The first-order chi connectivity index (χ1) is 7.02. The zero-order valence-electron chi connectivity index (χ0n) is 8.17. The Balaban J connectivity index is 3.17. The number of carbonyl (C=O) groups excluding carboxylic acids is 1. The van der Waals surface area contributed by atoms with Crippen LogP contribution in [0.25, 0.3) is 0 Å². The van der Waals surface area contributed by atoms with Crippen LogP contribution in [0.15, 0.2) is 24.5 Å². The molecule has 0 aliphatic rings. The Labute approximate surface area is 86.4 Å². The largest absolute Gasteiger partial charge is 0.475 e. The summed E-state index contributed by atoms with van der Waals surface area (Å²) in [5.74, 6) is -2.58. The summed E-state index contributed by atoms with van der Waals surface area (Å²) >= 11 is 0. The first kappa shape index (κ1) is 11.3. The normalized spacial score (nSPS) is 14.3. The van der Waals surface area contributed by atoms with Crippen molar-refractivity contribution in [1.82, 2.24) is 4.98 Å². The lowest BCUT2D eigenvalue weighted by Crippen LogP contribution is -2.41. The molecule has 0 aliphatic carbocycles. The van der Waals surface area contributed by atoms with E-state index >= 15 is 0 Å². The Kier molecular flexibility index (Phi) is 3.16. The zero-order valence-corrected chi connectivity index (χ0v) is 8.17. The minimum absolute atomic E-state index is 0.437. The second-order valence-corrected chi connectivity index (χ2v) is 3.36. The number of hydrogen-bond donors (Lipinski definition) is 2. The standard InChI is InChI=1S/C10H11NO4/c1-10(6-12,8(13)9(14)15)7-2-4-11-5-3-7/h2-5,12H,6H2,1H3,(H,14,15). The molecule has 5 nitrogen and oxygen atoms in total. The minimum atomic E-state index is -1.55. The highest BCUT2D eigenvalue weighted by Crippen LogP contribution is 2.23. The van der Waals surface area contributed by atoms with E-state index in [0.717, 1.165) is 0 Å². The van der Waals surface area contributed by atoms with Crippen LogP contribution in [0.2, 0.25) is 0 Å². The molecule has 2 N–H and O–H groups in total. The maximum atomic E-state index is 11.4. The van der Waals surface area contributed by atoms with Crippen molar-refractivity contribution in [3.63, 3.8) is 0 Å². The maximum absolute atomic E-state index is 11.4. The number of Topliss-reactive ketones (excluding diaryl/α,β-unsaturated/α-hetero) is 1. The molecule has 0 amide bonds. The van der Waals surface area contributed by atoms with Crippen LogP contribution in [0.5, 0.6) is 0 Å². The van der Waals surface area contributed by atoms with Gasteiger partial charge in [0.05, 0.1) is 12.0 Å². The molecule has 1 unspecified atom stereocenters. The summed E-state index contributed by atoms with van der Waals surface area (Å²) in [5.41, 5.74) is -0.971. The highest BCUT2D eigenvalue weighted by molar-refractivity contribution is 6.36. The number of ketones is 1. The molecule has 5 heteroatoms. The summed E-state index contributed by atoms with van der Waals surface area (Å²) in [4.78, 5) is 25.8. The van der Waals surface area contributed by atoms with Gasteiger partial charge >= 0.3 is 5.97 Å². The Hall–Kier alpha value is -1.75. The molecule has 1 heterocycles. The topological polar surface area (TPSA) is 87.5 Å². The van der Waals surface area contributed by atoms with Crippen molar-refractivity contribution in [2.24, 2.45) is 0 Å². The molecule has 0 bridgehead atoms. The second-order valence-electron chi connectivity index (χ2n) is 3.36. The second kappa shape index (κ2) is 4.18. The predicted octanol–water partition coefficient (Wildman–Crippen LogP) is -0.0147. The fourth-order valence-corrected chi connectivity index (χ4v) is 1.25. The Morgan fingerprint density at radius 2 is 1.93 bits per heavy atom.